The third-order valence-corrected chi connectivity index (χ3v) is 5.39. The van der Waals surface area contributed by atoms with Gasteiger partial charge in [-0.3, -0.25) is 5.10 Å². The molecule has 1 aliphatic rings. The van der Waals surface area contributed by atoms with Gasteiger partial charge >= 0.3 is 6.18 Å². The van der Waals surface area contributed by atoms with E-state index in [9.17, 15) is 17.6 Å². The zero-order chi connectivity index (χ0) is 19.9. The van der Waals surface area contributed by atoms with Crippen molar-refractivity contribution in [1.29, 1.82) is 0 Å². The smallest absolute Gasteiger partial charge is 0.381 e. The molecular weight excluding hydrogens is 376 g/mol. The van der Waals surface area contributed by atoms with Crippen LogP contribution in [0.2, 0.25) is 0 Å². The van der Waals surface area contributed by atoms with E-state index >= 15 is 0 Å². The van der Waals surface area contributed by atoms with Crippen molar-refractivity contribution < 1.29 is 22.3 Å². The number of hydrogen-bond acceptors (Lipinski definition) is 4. The first kappa shape index (κ1) is 18.8. The summed E-state index contributed by atoms with van der Waals surface area (Å²) in [6.45, 7) is 1.30. The maximum absolute atomic E-state index is 14.5. The Bertz CT molecular complexity index is 1010. The largest absolute Gasteiger partial charge is 0.435 e. The maximum atomic E-state index is 14.5. The highest BCUT2D eigenvalue weighted by atomic mass is 19.4. The Balaban J connectivity index is 1.91. The Morgan fingerprint density at radius 3 is 2.61 bits per heavy atom. The lowest BCUT2D eigenvalue weighted by Crippen LogP contribution is -2.40. The van der Waals surface area contributed by atoms with Crippen molar-refractivity contribution in [3.63, 3.8) is 0 Å². The molecule has 3 N–H and O–H groups in total. The molecule has 0 spiro atoms. The second-order valence-electron chi connectivity index (χ2n) is 6.98. The van der Waals surface area contributed by atoms with Crippen LogP contribution in [0.4, 0.5) is 17.6 Å². The van der Waals surface area contributed by atoms with Gasteiger partial charge in [0, 0.05) is 31.4 Å². The molecule has 0 amide bonds. The van der Waals surface area contributed by atoms with E-state index in [4.69, 9.17) is 10.5 Å². The summed E-state index contributed by atoms with van der Waals surface area (Å²) < 4.78 is 60.1. The monoisotopic (exact) mass is 394 g/mol. The Hall–Kier alpha value is -2.52. The molecule has 4 rings (SSSR count). The lowest BCUT2D eigenvalue weighted by molar-refractivity contribution is -0.139. The van der Waals surface area contributed by atoms with Gasteiger partial charge in [0.05, 0.1) is 5.39 Å². The number of rotatable bonds is 3. The van der Waals surface area contributed by atoms with E-state index in [1.165, 1.54) is 24.4 Å². The van der Waals surface area contributed by atoms with Gasteiger partial charge in [-0.25, -0.2) is 9.37 Å². The van der Waals surface area contributed by atoms with Crippen molar-refractivity contribution in [2.45, 2.75) is 24.4 Å². The van der Waals surface area contributed by atoms with Crippen LogP contribution < -0.4 is 5.73 Å². The van der Waals surface area contributed by atoms with Gasteiger partial charge in [0.15, 0.2) is 11.3 Å². The van der Waals surface area contributed by atoms with E-state index in [0.717, 1.165) is 0 Å². The van der Waals surface area contributed by atoms with E-state index in [1.54, 1.807) is 6.07 Å². The highest BCUT2D eigenvalue weighted by Crippen LogP contribution is 2.40. The second-order valence-corrected chi connectivity index (χ2v) is 6.98. The Morgan fingerprint density at radius 1 is 1.18 bits per heavy atom. The van der Waals surface area contributed by atoms with Crippen LogP contribution in [-0.4, -0.2) is 34.9 Å². The van der Waals surface area contributed by atoms with Crippen molar-refractivity contribution in [1.82, 2.24) is 15.2 Å². The van der Waals surface area contributed by atoms with Gasteiger partial charge in [-0.15, -0.1) is 0 Å². The van der Waals surface area contributed by atoms with Crippen molar-refractivity contribution in [3.8, 4) is 11.1 Å². The number of halogens is 4. The van der Waals surface area contributed by atoms with Crippen molar-refractivity contribution in [2.24, 2.45) is 5.73 Å². The van der Waals surface area contributed by atoms with E-state index in [0.29, 0.717) is 43.7 Å². The fourth-order valence-corrected chi connectivity index (χ4v) is 3.82. The quantitative estimate of drug-likeness (QED) is 0.663. The minimum absolute atomic E-state index is 0.00441. The fourth-order valence-electron chi connectivity index (χ4n) is 3.82. The molecule has 1 saturated heterocycles. The minimum atomic E-state index is -4.66. The van der Waals surface area contributed by atoms with Crippen LogP contribution in [0.25, 0.3) is 22.2 Å². The molecule has 0 unspecified atom stereocenters. The third kappa shape index (κ3) is 3.14. The Kier molecular flexibility index (Phi) is 4.59. The lowest BCUT2D eigenvalue weighted by Gasteiger charge is -2.37. The number of benzene rings is 1. The number of ether oxygens (including phenoxy) is 1. The number of nitrogens with two attached hydrogens (primary N) is 1. The summed E-state index contributed by atoms with van der Waals surface area (Å²) >= 11 is 0. The molecule has 1 fully saturated rings. The number of fused-ring (bicyclic) bond motifs is 1. The first-order valence-electron chi connectivity index (χ1n) is 8.84. The van der Waals surface area contributed by atoms with Crippen LogP contribution in [0, 0.1) is 5.82 Å². The molecule has 1 aromatic carbocycles. The van der Waals surface area contributed by atoms with E-state index in [2.05, 4.69) is 15.2 Å². The summed E-state index contributed by atoms with van der Waals surface area (Å²) in [6, 6.07) is 5.77. The van der Waals surface area contributed by atoms with Gasteiger partial charge in [-0.1, -0.05) is 6.07 Å². The number of hydrogen-bond donors (Lipinski definition) is 2. The molecule has 28 heavy (non-hydrogen) atoms. The zero-order valence-corrected chi connectivity index (χ0v) is 14.8. The summed E-state index contributed by atoms with van der Waals surface area (Å²) in [5.74, 6) is -0.533. The number of alkyl halides is 3. The normalized spacial score (nSPS) is 17.2. The van der Waals surface area contributed by atoms with Crippen LogP contribution in [0.5, 0.6) is 0 Å². The van der Waals surface area contributed by atoms with Gasteiger partial charge < -0.3 is 10.5 Å². The predicted octanol–water partition coefficient (Wildman–Crippen LogP) is 3.79. The van der Waals surface area contributed by atoms with Crippen LogP contribution in [0.3, 0.4) is 0 Å². The van der Waals surface area contributed by atoms with Gasteiger partial charge in [-0.2, -0.15) is 18.3 Å². The number of H-pyrrole nitrogens is 1. The summed E-state index contributed by atoms with van der Waals surface area (Å²) in [7, 11) is 0. The van der Waals surface area contributed by atoms with E-state index in [-0.39, 0.29) is 16.6 Å². The predicted molar refractivity (Wildman–Crippen MR) is 95.1 cm³/mol. The molecular formula is C19H18F4N4O. The van der Waals surface area contributed by atoms with Gasteiger partial charge in [-0.05, 0) is 47.7 Å². The molecule has 148 valence electrons. The summed E-state index contributed by atoms with van der Waals surface area (Å²) in [6.07, 6.45) is -2.05. The summed E-state index contributed by atoms with van der Waals surface area (Å²) in [5, 5.41) is 5.50. The first-order valence-corrected chi connectivity index (χ1v) is 8.84. The SMILES string of the molecule is NCC1(c2cc(F)cc(-c3ccnc4[nH]nc(C(F)(F)F)c34)c2)CCOCC1. The summed E-state index contributed by atoms with van der Waals surface area (Å²) in [4.78, 5) is 3.92. The van der Waals surface area contributed by atoms with E-state index in [1.807, 2.05) is 0 Å². The topological polar surface area (TPSA) is 76.8 Å². The number of nitrogens with one attached hydrogen (secondary N) is 1. The highest BCUT2D eigenvalue weighted by molar-refractivity contribution is 5.95. The average Bonchev–Trinajstić information content (AvgIpc) is 3.12. The maximum Gasteiger partial charge on any atom is 0.435 e. The van der Waals surface area contributed by atoms with Crippen molar-refractivity contribution in [3.05, 3.63) is 47.5 Å². The van der Waals surface area contributed by atoms with Crippen LogP contribution >= 0.6 is 0 Å². The van der Waals surface area contributed by atoms with Crippen LogP contribution in [-0.2, 0) is 16.3 Å². The standard InChI is InChI=1S/C19H18F4N4O/c20-13-8-11(7-12(9-13)18(10-24)2-5-28-6-3-18)14-1-4-25-17-15(14)16(26-27-17)19(21,22)23/h1,4,7-9H,2-3,5-6,10,24H2,(H,25,26,27). The molecule has 1 aliphatic heterocycles. The van der Waals surface area contributed by atoms with Crippen molar-refractivity contribution in [2.75, 3.05) is 19.8 Å². The Morgan fingerprint density at radius 2 is 1.93 bits per heavy atom. The van der Waals surface area contributed by atoms with Crippen LogP contribution in [0.1, 0.15) is 24.1 Å². The number of pyridine rings is 1. The molecule has 9 heteroatoms. The molecule has 2 aromatic heterocycles. The molecule has 0 atom stereocenters. The zero-order valence-electron chi connectivity index (χ0n) is 14.8. The van der Waals surface area contributed by atoms with Gasteiger partial charge in [0.2, 0.25) is 0 Å². The highest BCUT2D eigenvalue weighted by Gasteiger charge is 2.38. The fraction of sp³-hybridized carbons (Fsp3) is 0.368. The molecule has 3 heterocycles. The molecule has 5 nitrogen and oxygen atoms in total. The number of aromatic nitrogens is 3. The lowest BCUT2D eigenvalue weighted by atomic mass is 9.73. The summed E-state index contributed by atoms with van der Waals surface area (Å²) in [5.41, 5.74) is 5.67. The van der Waals surface area contributed by atoms with Gasteiger partial charge in [0.25, 0.3) is 0 Å². The van der Waals surface area contributed by atoms with Gasteiger partial charge in [0.1, 0.15) is 5.82 Å². The molecule has 0 saturated carbocycles. The van der Waals surface area contributed by atoms with Crippen molar-refractivity contribution >= 4 is 11.0 Å². The second kappa shape index (κ2) is 6.82. The molecule has 0 aliphatic carbocycles. The molecule has 0 bridgehead atoms. The average molecular weight is 394 g/mol. The first-order chi connectivity index (χ1) is 13.3. The van der Waals surface area contributed by atoms with E-state index < -0.39 is 23.1 Å². The Labute approximate surface area is 157 Å². The molecule has 0 radical (unpaired) electrons. The van der Waals surface area contributed by atoms with Crippen LogP contribution in [0.15, 0.2) is 30.5 Å². The minimum Gasteiger partial charge on any atom is -0.381 e. The number of nitrogens with zero attached hydrogens (tertiary/aromatic N) is 2. The third-order valence-electron chi connectivity index (χ3n) is 5.39. The molecule has 3 aromatic rings. The number of aromatic amines is 1.